The summed E-state index contributed by atoms with van der Waals surface area (Å²) < 4.78 is 10.6. The zero-order valence-electron chi connectivity index (χ0n) is 9.38. The van der Waals surface area contributed by atoms with Gasteiger partial charge in [0.05, 0.1) is 5.75 Å². The molecule has 0 bridgehead atoms. The van der Waals surface area contributed by atoms with Crippen LogP contribution >= 0.6 is 11.8 Å². The van der Waals surface area contributed by atoms with Gasteiger partial charge in [0.1, 0.15) is 16.9 Å². The molecule has 1 heterocycles. The molecule has 1 unspecified atom stereocenters. The molecule has 0 saturated carbocycles. The smallest absolute Gasteiger partial charge is 0.416 e. The second-order valence-corrected chi connectivity index (χ2v) is 4.74. The molecule has 4 nitrogen and oxygen atoms in total. The number of nitrogens with one attached hydrogen (secondary N) is 1. The Morgan fingerprint density at radius 1 is 1.41 bits per heavy atom. The van der Waals surface area contributed by atoms with Gasteiger partial charge < -0.3 is 9.15 Å². The predicted molar refractivity (Wildman–Crippen MR) is 67.2 cm³/mol. The van der Waals surface area contributed by atoms with E-state index in [1.807, 2.05) is 37.3 Å². The summed E-state index contributed by atoms with van der Waals surface area (Å²) in [7, 11) is 0. The Kier molecular flexibility index (Phi) is 3.93. The maximum absolute atomic E-state index is 10.8. The standard InChI is InChI=1S/C12H13NO3S/c1-9(15-10-5-3-2-4-6-10)17-8-11-7-13-12(14)16-11/h2-7,9H,8H2,1H3,(H,13,14). The minimum absolute atomic E-state index is 0.00222. The van der Waals surface area contributed by atoms with Crippen LogP contribution in [0.5, 0.6) is 5.75 Å². The highest BCUT2D eigenvalue weighted by Crippen LogP contribution is 2.20. The number of aromatic amines is 1. The van der Waals surface area contributed by atoms with Gasteiger partial charge in [-0.3, -0.25) is 4.98 Å². The lowest BCUT2D eigenvalue weighted by Crippen LogP contribution is -2.06. The maximum atomic E-state index is 10.8. The summed E-state index contributed by atoms with van der Waals surface area (Å²) in [4.78, 5) is 13.2. The monoisotopic (exact) mass is 251 g/mol. The predicted octanol–water partition coefficient (Wildman–Crippen LogP) is 2.63. The highest BCUT2D eigenvalue weighted by Gasteiger charge is 2.06. The van der Waals surface area contributed by atoms with Gasteiger partial charge in [-0.2, -0.15) is 0 Å². The lowest BCUT2D eigenvalue weighted by Gasteiger charge is -2.13. The number of benzene rings is 1. The van der Waals surface area contributed by atoms with Crippen LogP contribution in [-0.4, -0.2) is 10.4 Å². The topological polar surface area (TPSA) is 55.2 Å². The van der Waals surface area contributed by atoms with Gasteiger partial charge in [-0.15, -0.1) is 11.8 Å². The zero-order valence-corrected chi connectivity index (χ0v) is 10.2. The van der Waals surface area contributed by atoms with E-state index in [2.05, 4.69) is 4.98 Å². The molecule has 0 aliphatic heterocycles. The molecule has 0 fully saturated rings. The van der Waals surface area contributed by atoms with E-state index in [4.69, 9.17) is 9.15 Å². The first-order valence-corrected chi connectivity index (χ1v) is 6.29. The second kappa shape index (κ2) is 5.63. The highest BCUT2D eigenvalue weighted by molar-refractivity contribution is 7.98. The first kappa shape index (κ1) is 11.9. The number of hydrogen-bond donors (Lipinski definition) is 1. The van der Waals surface area contributed by atoms with Gasteiger partial charge in [0.2, 0.25) is 0 Å². The molecule has 1 aromatic carbocycles. The van der Waals surface area contributed by atoms with Gasteiger partial charge in [0.15, 0.2) is 0 Å². The number of para-hydroxylation sites is 1. The number of hydrogen-bond acceptors (Lipinski definition) is 4. The lowest BCUT2D eigenvalue weighted by molar-refractivity contribution is 0.307. The van der Waals surface area contributed by atoms with Crippen LogP contribution in [0, 0.1) is 0 Å². The average Bonchev–Trinajstić information content (AvgIpc) is 2.74. The molecule has 1 atom stereocenters. The molecule has 1 N–H and O–H groups in total. The average molecular weight is 251 g/mol. The van der Waals surface area contributed by atoms with Crippen molar-refractivity contribution in [3.63, 3.8) is 0 Å². The molecular weight excluding hydrogens is 238 g/mol. The highest BCUT2D eigenvalue weighted by atomic mass is 32.2. The van der Waals surface area contributed by atoms with Crippen molar-refractivity contribution in [3.05, 3.63) is 52.8 Å². The minimum Gasteiger partial charge on any atom is -0.480 e. The Labute approximate surface area is 103 Å². The largest absolute Gasteiger partial charge is 0.480 e. The summed E-state index contributed by atoms with van der Waals surface area (Å²) in [5.74, 6) is 1.65. The molecule has 2 aromatic rings. The van der Waals surface area contributed by atoms with Crippen molar-refractivity contribution in [1.29, 1.82) is 0 Å². The first-order valence-electron chi connectivity index (χ1n) is 5.25. The fourth-order valence-electron chi connectivity index (χ4n) is 1.31. The van der Waals surface area contributed by atoms with Crippen LogP contribution in [0.15, 0.2) is 45.7 Å². The van der Waals surface area contributed by atoms with Crippen LogP contribution in [0.1, 0.15) is 12.7 Å². The summed E-state index contributed by atoms with van der Waals surface area (Å²) in [5.41, 5.74) is -0.00222. The Balaban J connectivity index is 1.82. The van der Waals surface area contributed by atoms with Crippen LogP contribution in [0.2, 0.25) is 0 Å². The van der Waals surface area contributed by atoms with Crippen molar-refractivity contribution in [2.75, 3.05) is 0 Å². The van der Waals surface area contributed by atoms with Gasteiger partial charge in [0.25, 0.3) is 0 Å². The number of aromatic nitrogens is 1. The van der Waals surface area contributed by atoms with Crippen LogP contribution in [0.4, 0.5) is 0 Å². The fourth-order valence-corrected chi connectivity index (χ4v) is 2.03. The van der Waals surface area contributed by atoms with Crippen LogP contribution < -0.4 is 10.5 Å². The molecule has 2 rings (SSSR count). The number of H-pyrrole nitrogens is 1. The number of ether oxygens (including phenoxy) is 1. The Hall–Kier alpha value is -1.62. The minimum atomic E-state index is -0.419. The number of rotatable bonds is 5. The summed E-state index contributed by atoms with van der Waals surface area (Å²) >= 11 is 1.56. The van der Waals surface area contributed by atoms with Crippen LogP contribution in [0.3, 0.4) is 0 Å². The Morgan fingerprint density at radius 3 is 2.82 bits per heavy atom. The molecule has 0 radical (unpaired) electrons. The zero-order chi connectivity index (χ0) is 12.1. The molecule has 5 heteroatoms. The molecule has 0 aliphatic rings. The number of oxazole rings is 1. The summed E-state index contributed by atoms with van der Waals surface area (Å²) in [5, 5.41) is 0. The van der Waals surface area contributed by atoms with Crippen molar-refractivity contribution in [1.82, 2.24) is 4.98 Å². The quantitative estimate of drug-likeness (QED) is 0.830. The lowest BCUT2D eigenvalue weighted by atomic mass is 10.3. The van der Waals surface area contributed by atoms with Crippen LogP contribution in [0.25, 0.3) is 0 Å². The van der Waals surface area contributed by atoms with E-state index in [1.165, 1.54) is 0 Å². The normalized spacial score (nSPS) is 12.3. The van der Waals surface area contributed by atoms with E-state index in [1.54, 1.807) is 18.0 Å². The third kappa shape index (κ3) is 3.71. The molecular formula is C12H13NO3S. The van der Waals surface area contributed by atoms with Gasteiger partial charge >= 0.3 is 5.76 Å². The first-order chi connectivity index (χ1) is 8.24. The van der Waals surface area contributed by atoms with Crippen molar-refractivity contribution >= 4 is 11.8 Å². The van der Waals surface area contributed by atoms with E-state index < -0.39 is 5.76 Å². The molecule has 1 aromatic heterocycles. The molecule has 90 valence electrons. The van der Waals surface area contributed by atoms with Gasteiger partial charge in [-0.25, -0.2) is 4.79 Å². The molecule has 0 saturated heterocycles. The third-order valence-electron chi connectivity index (χ3n) is 2.08. The molecule has 17 heavy (non-hydrogen) atoms. The van der Waals surface area contributed by atoms with Crippen molar-refractivity contribution in [2.45, 2.75) is 18.1 Å². The summed E-state index contributed by atoms with van der Waals surface area (Å²) in [6.45, 7) is 1.96. The van der Waals surface area contributed by atoms with Crippen molar-refractivity contribution in [3.8, 4) is 5.75 Å². The van der Waals surface area contributed by atoms with Gasteiger partial charge in [0, 0.05) is 6.20 Å². The van der Waals surface area contributed by atoms with E-state index in [-0.39, 0.29) is 5.44 Å². The summed E-state index contributed by atoms with van der Waals surface area (Å²) in [6.07, 6.45) is 1.57. The molecule has 0 amide bonds. The second-order valence-electron chi connectivity index (χ2n) is 3.45. The van der Waals surface area contributed by atoms with E-state index in [0.717, 1.165) is 5.75 Å². The van der Waals surface area contributed by atoms with Crippen LogP contribution in [-0.2, 0) is 5.75 Å². The molecule has 0 spiro atoms. The SMILES string of the molecule is CC(Oc1ccccc1)SCc1c[nH]c(=O)o1. The third-order valence-corrected chi connectivity index (χ3v) is 3.10. The number of thioether (sulfide) groups is 1. The Morgan fingerprint density at radius 2 is 2.18 bits per heavy atom. The fraction of sp³-hybridized carbons (Fsp3) is 0.250. The van der Waals surface area contributed by atoms with E-state index in [0.29, 0.717) is 11.5 Å². The maximum Gasteiger partial charge on any atom is 0.416 e. The van der Waals surface area contributed by atoms with Crippen molar-refractivity contribution < 1.29 is 9.15 Å². The Bertz CT molecular complexity index is 506. The van der Waals surface area contributed by atoms with Gasteiger partial charge in [-0.05, 0) is 19.1 Å². The van der Waals surface area contributed by atoms with E-state index in [9.17, 15) is 4.79 Å². The van der Waals surface area contributed by atoms with E-state index >= 15 is 0 Å². The summed E-state index contributed by atoms with van der Waals surface area (Å²) in [6, 6.07) is 9.62. The van der Waals surface area contributed by atoms with Crippen molar-refractivity contribution in [2.24, 2.45) is 0 Å². The van der Waals surface area contributed by atoms with Gasteiger partial charge in [-0.1, -0.05) is 18.2 Å². The molecule has 0 aliphatic carbocycles.